The van der Waals surface area contributed by atoms with Crippen LogP contribution in [0.5, 0.6) is 0 Å². The molecule has 3 rings (SSSR count). The molecular weight excluding hydrogens is 356 g/mol. The predicted octanol–water partition coefficient (Wildman–Crippen LogP) is 2.58. The topological polar surface area (TPSA) is 71.2 Å². The van der Waals surface area contributed by atoms with Crippen molar-refractivity contribution in [3.8, 4) is 0 Å². The van der Waals surface area contributed by atoms with Crippen LogP contribution in [-0.4, -0.2) is 35.4 Å². The lowest BCUT2D eigenvalue weighted by Gasteiger charge is -2.25. The smallest absolute Gasteiger partial charge is 0.248 e. The minimum Gasteiger partial charge on any atom is -0.366 e. The minimum absolute atomic E-state index is 0. The molecule has 0 spiro atoms. The summed E-state index contributed by atoms with van der Waals surface area (Å²) in [6.45, 7) is 7.01. The molecule has 0 aliphatic carbocycles. The van der Waals surface area contributed by atoms with Crippen LogP contribution in [0.2, 0.25) is 0 Å². The third-order valence-corrected chi connectivity index (χ3v) is 5.43. The summed E-state index contributed by atoms with van der Waals surface area (Å²) in [7, 11) is 0. The number of rotatable bonds is 7. The Balaban J connectivity index is 0.00000225. The van der Waals surface area contributed by atoms with Crippen LogP contribution in [0.3, 0.4) is 0 Å². The number of nitrogens with one attached hydrogen (secondary N) is 1. The molecule has 2 aromatic rings. The Kier molecular flexibility index (Phi) is 7.38. The summed E-state index contributed by atoms with van der Waals surface area (Å²) in [6.07, 6.45) is 1.22. The molecule has 1 amide bonds. The van der Waals surface area contributed by atoms with E-state index in [9.17, 15) is 4.79 Å². The van der Waals surface area contributed by atoms with Crippen LogP contribution in [0.1, 0.15) is 32.9 Å². The van der Waals surface area contributed by atoms with Crippen molar-refractivity contribution in [3.05, 3.63) is 51.5 Å². The number of aromatic nitrogens is 1. The number of nitrogens with two attached hydrogens (primary N) is 1. The largest absolute Gasteiger partial charge is 0.366 e. The molecule has 1 aliphatic rings. The van der Waals surface area contributed by atoms with Gasteiger partial charge in [0, 0.05) is 30.1 Å². The third kappa shape index (κ3) is 5.51. The third-order valence-electron chi connectivity index (χ3n) is 4.51. The molecule has 7 heteroatoms. The first kappa shape index (κ1) is 19.8. The quantitative estimate of drug-likeness (QED) is 0.774. The number of amides is 1. The highest BCUT2D eigenvalue weighted by atomic mass is 35.5. The summed E-state index contributed by atoms with van der Waals surface area (Å²) in [6, 6.07) is 7.64. The molecule has 0 bridgehead atoms. The van der Waals surface area contributed by atoms with E-state index in [4.69, 9.17) is 5.73 Å². The summed E-state index contributed by atoms with van der Waals surface area (Å²) in [4.78, 5) is 19.5. The highest BCUT2D eigenvalue weighted by Gasteiger charge is 2.20. The van der Waals surface area contributed by atoms with Gasteiger partial charge in [-0.05, 0) is 50.0 Å². The van der Waals surface area contributed by atoms with Gasteiger partial charge in [-0.15, -0.1) is 23.7 Å². The normalized spacial score (nSPS) is 16.8. The molecule has 1 unspecified atom stereocenters. The lowest BCUT2D eigenvalue weighted by atomic mass is 10.1. The molecule has 1 fully saturated rings. The van der Waals surface area contributed by atoms with Crippen LogP contribution in [0, 0.1) is 12.8 Å². The Labute approximate surface area is 159 Å². The molecule has 2 heterocycles. The number of thiazole rings is 1. The second kappa shape index (κ2) is 9.29. The Morgan fingerprint density at radius 3 is 2.92 bits per heavy atom. The SMILES string of the molecule is Cc1ncsc1CN(Cc1cccc(C(N)=O)c1)CC1CCNC1.Cl. The van der Waals surface area contributed by atoms with Crippen LogP contribution in [0.15, 0.2) is 29.8 Å². The second-order valence-corrected chi connectivity index (χ2v) is 7.39. The monoisotopic (exact) mass is 380 g/mol. The summed E-state index contributed by atoms with van der Waals surface area (Å²) in [5.41, 5.74) is 10.1. The fourth-order valence-electron chi connectivity index (χ4n) is 3.18. The van der Waals surface area contributed by atoms with Gasteiger partial charge in [-0.25, -0.2) is 4.98 Å². The van der Waals surface area contributed by atoms with Gasteiger partial charge < -0.3 is 11.1 Å². The van der Waals surface area contributed by atoms with Crippen molar-refractivity contribution in [1.29, 1.82) is 0 Å². The molecular formula is C18H25ClN4OS. The fraction of sp³-hybridized carbons (Fsp3) is 0.444. The van der Waals surface area contributed by atoms with Gasteiger partial charge in [-0.2, -0.15) is 0 Å². The van der Waals surface area contributed by atoms with Gasteiger partial charge in [0.1, 0.15) is 0 Å². The highest BCUT2D eigenvalue weighted by Crippen LogP contribution is 2.20. The maximum Gasteiger partial charge on any atom is 0.248 e. The Bertz CT molecular complexity index is 700. The number of nitrogens with zero attached hydrogens (tertiary/aromatic N) is 2. The van der Waals surface area contributed by atoms with Crippen molar-refractivity contribution in [2.45, 2.75) is 26.4 Å². The zero-order valence-corrected chi connectivity index (χ0v) is 16.0. The average Bonchev–Trinajstić information content (AvgIpc) is 3.20. The first-order valence-electron chi connectivity index (χ1n) is 8.32. The van der Waals surface area contributed by atoms with Gasteiger partial charge in [-0.3, -0.25) is 9.69 Å². The van der Waals surface area contributed by atoms with E-state index in [0.717, 1.165) is 44.0 Å². The summed E-state index contributed by atoms with van der Waals surface area (Å²) >= 11 is 1.71. The van der Waals surface area contributed by atoms with E-state index in [0.29, 0.717) is 11.5 Å². The van der Waals surface area contributed by atoms with E-state index in [1.807, 2.05) is 17.6 Å². The van der Waals surface area contributed by atoms with Crippen molar-refractivity contribution in [1.82, 2.24) is 15.2 Å². The molecule has 1 aromatic heterocycles. The predicted molar refractivity (Wildman–Crippen MR) is 104 cm³/mol. The summed E-state index contributed by atoms with van der Waals surface area (Å²) < 4.78 is 0. The first-order chi connectivity index (χ1) is 11.6. The number of aryl methyl sites for hydroxylation is 1. The Morgan fingerprint density at radius 1 is 1.44 bits per heavy atom. The second-order valence-electron chi connectivity index (χ2n) is 6.45. The number of primary amides is 1. The van der Waals surface area contributed by atoms with E-state index in [2.05, 4.69) is 28.2 Å². The van der Waals surface area contributed by atoms with Gasteiger partial charge in [0.15, 0.2) is 0 Å². The van der Waals surface area contributed by atoms with Crippen molar-refractivity contribution in [3.63, 3.8) is 0 Å². The van der Waals surface area contributed by atoms with Crippen LogP contribution >= 0.6 is 23.7 Å². The molecule has 0 radical (unpaired) electrons. The maximum absolute atomic E-state index is 11.4. The molecule has 25 heavy (non-hydrogen) atoms. The highest BCUT2D eigenvalue weighted by molar-refractivity contribution is 7.09. The average molecular weight is 381 g/mol. The van der Waals surface area contributed by atoms with Crippen LogP contribution in [0.4, 0.5) is 0 Å². The number of halogens is 1. The zero-order chi connectivity index (χ0) is 16.9. The molecule has 3 N–H and O–H groups in total. The molecule has 1 aliphatic heterocycles. The van der Waals surface area contributed by atoms with E-state index < -0.39 is 0 Å². The van der Waals surface area contributed by atoms with Crippen molar-refractivity contribution in [2.75, 3.05) is 19.6 Å². The number of hydrogen-bond donors (Lipinski definition) is 2. The molecule has 1 aromatic carbocycles. The van der Waals surface area contributed by atoms with E-state index in [-0.39, 0.29) is 18.3 Å². The lowest BCUT2D eigenvalue weighted by molar-refractivity contribution is 0.1000. The van der Waals surface area contributed by atoms with Gasteiger partial charge >= 0.3 is 0 Å². The maximum atomic E-state index is 11.4. The van der Waals surface area contributed by atoms with Gasteiger partial charge in [0.25, 0.3) is 0 Å². The number of carbonyl (C=O) groups excluding carboxylic acids is 1. The summed E-state index contributed by atoms with van der Waals surface area (Å²) in [5.74, 6) is 0.305. The van der Waals surface area contributed by atoms with Gasteiger partial charge in [0.2, 0.25) is 5.91 Å². The molecule has 1 saturated heterocycles. The Morgan fingerprint density at radius 2 is 2.28 bits per heavy atom. The van der Waals surface area contributed by atoms with Crippen molar-refractivity contribution in [2.24, 2.45) is 11.7 Å². The molecule has 1 atom stereocenters. The number of hydrogen-bond acceptors (Lipinski definition) is 5. The van der Waals surface area contributed by atoms with Gasteiger partial charge in [0.05, 0.1) is 11.2 Å². The van der Waals surface area contributed by atoms with Gasteiger partial charge in [-0.1, -0.05) is 12.1 Å². The number of carbonyl (C=O) groups is 1. The molecule has 5 nitrogen and oxygen atoms in total. The van der Waals surface area contributed by atoms with Crippen LogP contribution in [-0.2, 0) is 13.1 Å². The van der Waals surface area contributed by atoms with E-state index in [1.165, 1.54) is 11.3 Å². The van der Waals surface area contributed by atoms with E-state index in [1.54, 1.807) is 17.4 Å². The molecule has 136 valence electrons. The number of benzene rings is 1. The van der Waals surface area contributed by atoms with Crippen molar-refractivity contribution < 1.29 is 4.79 Å². The lowest BCUT2D eigenvalue weighted by Crippen LogP contribution is -2.30. The Hall–Kier alpha value is -1.47. The van der Waals surface area contributed by atoms with Crippen LogP contribution in [0.25, 0.3) is 0 Å². The standard InChI is InChI=1S/C18H24N4OS.ClH/c1-13-17(24-12-21-13)11-22(10-15-5-6-20-8-15)9-14-3-2-4-16(7-14)18(19)23;/h2-4,7,12,15,20H,5-6,8-11H2,1H3,(H2,19,23);1H. The summed E-state index contributed by atoms with van der Waals surface area (Å²) in [5, 5.41) is 3.44. The molecule has 0 saturated carbocycles. The zero-order valence-electron chi connectivity index (χ0n) is 14.4. The first-order valence-corrected chi connectivity index (χ1v) is 9.20. The minimum atomic E-state index is -0.373. The van der Waals surface area contributed by atoms with Crippen molar-refractivity contribution >= 4 is 29.7 Å². The fourth-order valence-corrected chi connectivity index (χ4v) is 4.00. The van der Waals surface area contributed by atoms with Crippen LogP contribution < -0.4 is 11.1 Å². The van der Waals surface area contributed by atoms with E-state index >= 15 is 0 Å².